The third-order valence-electron chi connectivity index (χ3n) is 3.40. The standard InChI is InChI=1S/C12H14F6N4O/c13-11(14,15)8-1-2-19-10(20-8)22-5-3-21(4-6-22)7-9(23)12(16,17)18/h1-2,9,23H,3-7H2. The van der Waals surface area contributed by atoms with Crippen molar-refractivity contribution < 1.29 is 31.4 Å². The van der Waals surface area contributed by atoms with E-state index >= 15 is 0 Å². The quantitative estimate of drug-likeness (QED) is 0.843. The molecule has 1 fully saturated rings. The Morgan fingerprint density at radius 1 is 1.09 bits per heavy atom. The minimum atomic E-state index is -4.69. The van der Waals surface area contributed by atoms with Crippen molar-refractivity contribution >= 4 is 5.95 Å². The minimum absolute atomic E-state index is 0.115. The van der Waals surface area contributed by atoms with Gasteiger partial charge in [-0.15, -0.1) is 0 Å². The van der Waals surface area contributed by atoms with Crippen LogP contribution in [0, 0.1) is 0 Å². The maximum atomic E-state index is 12.6. The fourth-order valence-corrected chi connectivity index (χ4v) is 2.14. The van der Waals surface area contributed by atoms with Crippen LogP contribution >= 0.6 is 0 Å². The highest BCUT2D eigenvalue weighted by Gasteiger charge is 2.39. The van der Waals surface area contributed by atoms with Crippen molar-refractivity contribution in [1.29, 1.82) is 0 Å². The number of alkyl halides is 6. The smallest absolute Gasteiger partial charge is 0.382 e. The number of aliphatic hydroxyl groups excluding tert-OH is 1. The van der Waals surface area contributed by atoms with Crippen molar-refractivity contribution in [1.82, 2.24) is 14.9 Å². The highest BCUT2D eigenvalue weighted by molar-refractivity contribution is 5.31. The maximum Gasteiger partial charge on any atom is 0.433 e. The van der Waals surface area contributed by atoms with Crippen LogP contribution in [0.1, 0.15) is 5.69 Å². The lowest BCUT2D eigenvalue weighted by Crippen LogP contribution is -2.51. The summed E-state index contributed by atoms with van der Waals surface area (Å²) in [4.78, 5) is 10.1. The largest absolute Gasteiger partial charge is 0.433 e. The summed E-state index contributed by atoms with van der Waals surface area (Å²) in [6.07, 6.45) is -10.7. The lowest BCUT2D eigenvalue weighted by atomic mass is 10.2. The SMILES string of the molecule is OC(CN1CCN(c2nccc(C(F)(F)F)n2)CC1)C(F)(F)F. The number of hydrogen-bond donors (Lipinski definition) is 1. The van der Waals surface area contributed by atoms with Gasteiger partial charge in [0.15, 0.2) is 6.10 Å². The molecule has 1 aromatic rings. The van der Waals surface area contributed by atoms with Gasteiger partial charge in [0, 0.05) is 38.9 Å². The highest BCUT2D eigenvalue weighted by atomic mass is 19.4. The van der Waals surface area contributed by atoms with E-state index in [1.165, 1.54) is 9.80 Å². The van der Waals surface area contributed by atoms with E-state index < -0.39 is 30.7 Å². The molecular weight excluding hydrogens is 330 g/mol. The van der Waals surface area contributed by atoms with Crippen LogP contribution in [0.15, 0.2) is 12.3 Å². The van der Waals surface area contributed by atoms with E-state index in [0.29, 0.717) is 0 Å². The van der Waals surface area contributed by atoms with Crippen molar-refractivity contribution in [3.63, 3.8) is 0 Å². The Balaban J connectivity index is 1.95. The number of hydrogen-bond acceptors (Lipinski definition) is 5. The Morgan fingerprint density at radius 2 is 1.70 bits per heavy atom. The number of piperazine rings is 1. The summed E-state index contributed by atoms with van der Waals surface area (Å²) < 4.78 is 74.7. The van der Waals surface area contributed by atoms with Gasteiger partial charge in [0.05, 0.1) is 0 Å². The zero-order valence-corrected chi connectivity index (χ0v) is 11.8. The molecule has 0 amide bonds. The fraction of sp³-hybridized carbons (Fsp3) is 0.667. The van der Waals surface area contributed by atoms with Gasteiger partial charge in [-0.3, -0.25) is 4.90 Å². The molecule has 0 bridgehead atoms. The van der Waals surface area contributed by atoms with Crippen molar-refractivity contribution in [2.24, 2.45) is 0 Å². The minimum Gasteiger partial charge on any atom is -0.382 e. The Hall–Kier alpha value is -1.62. The van der Waals surface area contributed by atoms with E-state index in [1.54, 1.807) is 0 Å². The molecule has 130 valence electrons. The maximum absolute atomic E-state index is 12.6. The Bertz CT molecular complexity index is 527. The Labute approximate surface area is 127 Å². The summed E-state index contributed by atoms with van der Waals surface area (Å²) >= 11 is 0. The molecule has 0 spiro atoms. The molecule has 0 aliphatic carbocycles. The first kappa shape index (κ1) is 17.7. The molecule has 23 heavy (non-hydrogen) atoms. The van der Waals surface area contributed by atoms with E-state index in [4.69, 9.17) is 5.11 Å². The number of rotatable bonds is 3. The van der Waals surface area contributed by atoms with Gasteiger partial charge < -0.3 is 10.0 Å². The average Bonchev–Trinajstić information content (AvgIpc) is 2.46. The second kappa shape index (κ2) is 6.48. The number of β-amino-alcohol motifs (C(OH)–C–C–N with tert-alkyl or cyclic N) is 1. The molecule has 2 rings (SSSR count). The van der Waals surface area contributed by atoms with Crippen molar-refractivity contribution in [2.75, 3.05) is 37.6 Å². The average molecular weight is 344 g/mol. The zero-order chi connectivity index (χ0) is 17.3. The second-order valence-corrected chi connectivity index (χ2v) is 5.08. The molecule has 1 unspecified atom stereocenters. The summed E-state index contributed by atoms with van der Waals surface area (Å²) in [7, 11) is 0. The Morgan fingerprint density at radius 3 is 2.22 bits per heavy atom. The molecule has 2 heterocycles. The van der Waals surface area contributed by atoms with E-state index in [9.17, 15) is 26.3 Å². The van der Waals surface area contributed by atoms with Crippen molar-refractivity contribution in [3.05, 3.63) is 18.0 Å². The molecule has 0 saturated carbocycles. The lowest BCUT2D eigenvalue weighted by Gasteiger charge is -2.35. The molecular formula is C12H14F6N4O. The van der Waals surface area contributed by atoms with Gasteiger partial charge in [-0.1, -0.05) is 0 Å². The van der Waals surface area contributed by atoms with Crippen LogP contribution in [0.25, 0.3) is 0 Å². The third-order valence-corrected chi connectivity index (χ3v) is 3.40. The zero-order valence-electron chi connectivity index (χ0n) is 11.8. The second-order valence-electron chi connectivity index (χ2n) is 5.08. The van der Waals surface area contributed by atoms with Crippen LogP contribution in [0.2, 0.25) is 0 Å². The lowest BCUT2D eigenvalue weighted by molar-refractivity contribution is -0.208. The summed E-state index contributed by atoms with van der Waals surface area (Å²) in [5.41, 5.74) is -1.07. The predicted octanol–water partition coefficient (Wildman–Crippen LogP) is 1.54. The van der Waals surface area contributed by atoms with Crippen LogP contribution in [0.3, 0.4) is 0 Å². The molecule has 1 N–H and O–H groups in total. The summed E-state index contributed by atoms with van der Waals surface area (Å²) in [6, 6.07) is 0.749. The molecule has 1 aromatic heterocycles. The number of aliphatic hydroxyl groups is 1. The summed E-state index contributed by atoms with van der Waals surface area (Å²) in [5, 5.41) is 9.02. The monoisotopic (exact) mass is 344 g/mol. The summed E-state index contributed by atoms with van der Waals surface area (Å²) in [6.45, 7) is 0.0953. The molecule has 1 aliphatic heterocycles. The topological polar surface area (TPSA) is 52.5 Å². The van der Waals surface area contributed by atoms with Crippen molar-refractivity contribution in [3.8, 4) is 0 Å². The third kappa shape index (κ3) is 4.67. The van der Waals surface area contributed by atoms with Crippen LogP contribution in [-0.4, -0.2) is 65.0 Å². The molecule has 0 aromatic carbocycles. The van der Waals surface area contributed by atoms with Gasteiger partial charge in [-0.25, -0.2) is 9.97 Å². The van der Waals surface area contributed by atoms with E-state index in [2.05, 4.69) is 9.97 Å². The first-order valence-corrected chi connectivity index (χ1v) is 6.69. The highest BCUT2D eigenvalue weighted by Crippen LogP contribution is 2.28. The predicted molar refractivity (Wildman–Crippen MR) is 67.7 cm³/mol. The molecule has 11 heteroatoms. The van der Waals surface area contributed by atoms with Gasteiger partial charge in [-0.2, -0.15) is 26.3 Å². The number of anilines is 1. The first-order valence-electron chi connectivity index (χ1n) is 6.69. The number of halogens is 6. The molecule has 5 nitrogen and oxygen atoms in total. The van der Waals surface area contributed by atoms with Gasteiger partial charge >= 0.3 is 12.4 Å². The van der Waals surface area contributed by atoms with E-state index in [-0.39, 0.29) is 32.1 Å². The fourth-order valence-electron chi connectivity index (χ4n) is 2.14. The van der Waals surface area contributed by atoms with Gasteiger partial charge in [0.1, 0.15) is 5.69 Å². The van der Waals surface area contributed by atoms with E-state index in [1.807, 2.05) is 0 Å². The van der Waals surface area contributed by atoms with Gasteiger partial charge in [-0.05, 0) is 6.07 Å². The molecule has 1 saturated heterocycles. The normalized spacial score (nSPS) is 19.0. The van der Waals surface area contributed by atoms with Gasteiger partial charge in [0.25, 0.3) is 0 Å². The molecule has 1 atom stereocenters. The van der Waals surface area contributed by atoms with Crippen LogP contribution in [-0.2, 0) is 6.18 Å². The van der Waals surface area contributed by atoms with Crippen molar-refractivity contribution in [2.45, 2.75) is 18.5 Å². The number of aromatic nitrogens is 2. The number of nitrogens with zero attached hydrogens (tertiary/aromatic N) is 4. The molecule has 0 radical (unpaired) electrons. The molecule has 1 aliphatic rings. The first-order chi connectivity index (χ1) is 10.6. The van der Waals surface area contributed by atoms with Gasteiger partial charge in [0.2, 0.25) is 5.95 Å². The summed E-state index contributed by atoms with van der Waals surface area (Å²) in [5.74, 6) is -0.115. The van der Waals surface area contributed by atoms with E-state index in [0.717, 1.165) is 12.3 Å². The van der Waals surface area contributed by atoms with Crippen LogP contribution in [0.4, 0.5) is 32.3 Å². The van der Waals surface area contributed by atoms with Crippen LogP contribution < -0.4 is 4.90 Å². The van der Waals surface area contributed by atoms with Crippen LogP contribution in [0.5, 0.6) is 0 Å². The Kier molecular flexibility index (Phi) is 4.99.